The van der Waals surface area contributed by atoms with Gasteiger partial charge in [0.25, 0.3) is 5.91 Å². The second-order valence-corrected chi connectivity index (χ2v) is 4.19. The van der Waals surface area contributed by atoms with E-state index in [4.69, 9.17) is 0 Å². The topological polar surface area (TPSA) is 55.4 Å². The fourth-order valence-corrected chi connectivity index (χ4v) is 1.80. The van der Waals surface area contributed by atoms with Crippen LogP contribution in [-0.4, -0.2) is 25.5 Å². The zero-order valence-electron chi connectivity index (χ0n) is 9.04. The number of aryl methyl sites for hydroxylation is 1. The van der Waals surface area contributed by atoms with Crippen LogP contribution in [0.4, 0.5) is 0 Å². The van der Waals surface area contributed by atoms with E-state index >= 15 is 0 Å². The van der Waals surface area contributed by atoms with Crippen LogP contribution in [0, 0.1) is 6.92 Å². The number of ether oxygens (including phenoxy) is 1. The van der Waals surface area contributed by atoms with Crippen LogP contribution in [0.5, 0.6) is 0 Å². The number of rotatable bonds is 3. The molecule has 0 unspecified atom stereocenters. The molecule has 0 spiro atoms. The van der Waals surface area contributed by atoms with Gasteiger partial charge in [-0.1, -0.05) is 15.9 Å². The monoisotopic (exact) mass is 285 g/mol. The van der Waals surface area contributed by atoms with E-state index in [1.165, 1.54) is 7.11 Å². The third kappa shape index (κ3) is 3.66. The van der Waals surface area contributed by atoms with E-state index in [2.05, 4.69) is 26.0 Å². The lowest BCUT2D eigenvalue weighted by Crippen LogP contribution is -2.30. The summed E-state index contributed by atoms with van der Waals surface area (Å²) in [5.74, 6) is -0.769. The largest absolute Gasteiger partial charge is 0.468 e. The number of carbonyl (C=O) groups excluding carboxylic acids is 2. The third-order valence-corrected chi connectivity index (χ3v) is 2.38. The molecular formula is C11H12BrNO3. The van der Waals surface area contributed by atoms with Crippen molar-refractivity contribution < 1.29 is 14.3 Å². The predicted molar refractivity (Wildman–Crippen MR) is 63.2 cm³/mol. The fourth-order valence-electron chi connectivity index (χ4n) is 1.19. The van der Waals surface area contributed by atoms with Crippen LogP contribution in [0.25, 0.3) is 0 Å². The zero-order valence-corrected chi connectivity index (χ0v) is 10.6. The van der Waals surface area contributed by atoms with Gasteiger partial charge in [-0.3, -0.25) is 9.59 Å². The van der Waals surface area contributed by atoms with Gasteiger partial charge in [-0.05, 0) is 30.7 Å². The molecule has 1 amide bonds. The maximum absolute atomic E-state index is 11.6. The molecule has 0 aliphatic heterocycles. The lowest BCUT2D eigenvalue weighted by Gasteiger charge is -2.05. The van der Waals surface area contributed by atoms with Gasteiger partial charge in [0.15, 0.2) is 0 Å². The maximum Gasteiger partial charge on any atom is 0.325 e. The molecule has 0 atom stereocenters. The molecule has 4 nitrogen and oxygen atoms in total. The van der Waals surface area contributed by atoms with Crippen LogP contribution in [-0.2, 0) is 9.53 Å². The first-order valence-electron chi connectivity index (χ1n) is 4.65. The number of carbonyl (C=O) groups is 2. The van der Waals surface area contributed by atoms with E-state index in [9.17, 15) is 9.59 Å². The first-order valence-corrected chi connectivity index (χ1v) is 5.44. The number of amides is 1. The van der Waals surface area contributed by atoms with E-state index in [1.807, 2.05) is 13.0 Å². The molecule has 0 aliphatic carbocycles. The molecule has 0 bridgehead atoms. The maximum atomic E-state index is 11.6. The Balaban J connectivity index is 2.69. The summed E-state index contributed by atoms with van der Waals surface area (Å²) in [6.45, 7) is 1.77. The van der Waals surface area contributed by atoms with Crippen LogP contribution in [0.3, 0.4) is 0 Å². The summed E-state index contributed by atoms with van der Waals surface area (Å²) in [4.78, 5) is 22.5. The van der Waals surface area contributed by atoms with Crippen LogP contribution in [0.1, 0.15) is 15.9 Å². The Morgan fingerprint density at radius 3 is 2.62 bits per heavy atom. The van der Waals surface area contributed by atoms with Gasteiger partial charge in [-0.2, -0.15) is 0 Å². The van der Waals surface area contributed by atoms with Gasteiger partial charge >= 0.3 is 5.97 Å². The highest BCUT2D eigenvalue weighted by Crippen LogP contribution is 2.15. The van der Waals surface area contributed by atoms with Crippen molar-refractivity contribution in [1.82, 2.24) is 5.32 Å². The van der Waals surface area contributed by atoms with Gasteiger partial charge in [0.05, 0.1) is 7.11 Å². The number of hydrogen-bond acceptors (Lipinski definition) is 3. The van der Waals surface area contributed by atoms with Crippen molar-refractivity contribution in [2.45, 2.75) is 6.92 Å². The summed E-state index contributed by atoms with van der Waals surface area (Å²) in [5, 5.41) is 2.47. The molecule has 86 valence electrons. The highest BCUT2D eigenvalue weighted by Gasteiger charge is 2.08. The van der Waals surface area contributed by atoms with Crippen LogP contribution < -0.4 is 5.32 Å². The molecule has 0 saturated heterocycles. The molecule has 16 heavy (non-hydrogen) atoms. The van der Waals surface area contributed by atoms with Crippen LogP contribution >= 0.6 is 15.9 Å². The Morgan fingerprint density at radius 1 is 1.38 bits per heavy atom. The highest BCUT2D eigenvalue weighted by atomic mass is 79.9. The van der Waals surface area contributed by atoms with Gasteiger partial charge < -0.3 is 10.1 Å². The smallest absolute Gasteiger partial charge is 0.325 e. The Bertz CT molecular complexity index is 397. The van der Waals surface area contributed by atoms with E-state index in [0.717, 1.165) is 10.0 Å². The Hall–Kier alpha value is -1.36. The zero-order chi connectivity index (χ0) is 12.1. The summed E-state index contributed by atoms with van der Waals surface area (Å²) in [6.07, 6.45) is 0. The minimum atomic E-state index is -0.472. The Kier molecular flexibility index (Phi) is 4.49. The van der Waals surface area contributed by atoms with Crippen LogP contribution in [0.15, 0.2) is 22.7 Å². The molecule has 0 radical (unpaired) electrons. The molecular weight excluding hydrogens is 274 g/mol. The quantitative estimate of drug-likeness (QED) is 0.860. The van der Waals surface area contributed by atoms with E-state index in [1.54, 1.807) is 12.1 Å². The minimum absolute atomic E-state index is 0.124. The number of nitrogens with one attached hydrogen (secondary N) is 1. The molecule has 1 aromatic carbocycles. The Labute approximate surface area is 102 Å². The molecule has 1 aromatic rings. The van der Waals surface area contributed by atoms with Crippen molar-refractivity contribution in [1.29, 1.82) is 0 Å². The molecule has 0 fully saturated rings. The lowest BCUT2D eigenvalue weighted by atomic mass is 10.1. The van der Waals surface area contributed by atoms with Gasteiger partial charge in [0.2, 0.25) is 0 Å². The van der Waals surface area contributed by atoms with E-state index in [-0.39, 0.29) is 12.5 Å². The number of methoxy groups -OCH3 is 1. The average Bonchev–Trinajstić information content (AvgIpc) is 2.23. The molecule has 0 heterocycles. The van der Waals surface area contributed by atoms with Crippen molar-refractivity contribution in [3.63, 3.8) is 0 Å². The van der Waals surface area contributed by atoms with Crippen molar-refractivity contribution >= 4 is 27.8 Å². The second-order valence-electron chi connectivity index (χ2n) is 3.28. The van der Waals surface area contributed by atoms with Crippen molar-refractivity contribution in [2.75, 3.05) is 13.7 Å². The number of benzene rings is 1. The first-order chi connectivity index (χ1) is 7.52. The summed E-state index contributed by atoms with van der Waals surface area (Å²) < 4.78 is 5.25. The average molecular weight is 286 g/mol. The predicted octanol–water partition coefficient (Wildman–Crippen LogP) is 1.66. The van der Waals surface area contributed by atoms with Gasteiger partial charge in [-0.25, -0.2) is 0 Å². The van der Waals surface area contributed by atoms with Crippen LogP contribution in [0.2, 0.25) is 0 Å². The SMILES string of the molecule is COC(=O)CNC(=O)c1cc(C)cc(Br)c1. The second kappa shape index (κ2) is 5.65. The summed E-state index contributed by atoms with van der Waals surface area (Å²) in [6, 6.07) is 5.34. The van der Waals surface area contributed by atoms with E-state index in [0.29, 0.717) is 5.56 Å². The number of esters is 1. The van der Waals surface area contributed by atoms with Crippen molar-refractivity contribution in [3.05, 3.63) is 33.8 Å². The van der Waals surface area contributed by atoms with E-state index < -0.39 is 5.97 Å². The molecule has 0 saturated carbocycles. The normalized spacial score (nSPS) is 9.69. The fraction of sp³-hybridized carbons (Fsp3) is 0.273. The molecule has 0 aromatic heterocycles. The molecule has 0 aliphatic rings. The van der Waals surface area contributed by atoms with Gasteiger partial charge in [-0.15, -0.1) is 0 Å². The van der Waals surface area contributed by atoms with Crippen molar-refractivity contribution in [3.8, 4) is 0 Å². The van der Waals surface area contributed by atoms with Gasteiger partial charge in [0, 0.05) is 10.0 Å². The number of hydrogen-bond donors (Lipinski definition) is 1. The Morgan fingerprint density at radius 2 is 2.06 bits per heavy atom. The molecule has 1 N–H and O–H groups in total. The highest BCUT2D eigenvalue weighted by molar-refractivity contribution is 9.10. The summed E-state index contributed by atoms with van der Waals surface area (Å²) >= 11 is 3.30. The standard InChI is InChI=1S/C11H12BrNO3/c1-7-3-8(5-9(12)4-7)11(15)13-6-10(14)16-2/h3-5H,6H2,1-2H3,(H,13,15). The van der Waals surface area contributed by atoms with Gasteiger partial charge in [0.1, 0.15) is 6.54 Å². The third-order valence-electron chi connectivity index (χ3n) is 1.93. The lowest BCUT2D eigenvalue weighted by molar-refractivity contribution is -0.139. The first kappa shape index (κ1) is 12.7. The minimum Gasteiger partial charge on any atom is -0.468 e. The summed E-state index contributed by atoms with van der Waals surface area (Å²) in [7, 11) is 1.28. The molecule has 5 heteroatoms. The summed E-state index contributed by atoms with van der Waals surface area (Å²) in [5.41, 5.74) is 1.48. The number of halogens is 1. The van der Waals surface area contributed by atoms with Crippen molar-refractivity contribution in [2.24, 2.45) is 0 Å². The molecule has 1 rings (SSSR count).